The van der Waals surface area contributed by atoms with E-state index >= 15 is 0 Å². The van der Waals surface area contributed by atoms with Crippen LogP contribution in [0.5, 0.6) is 0 Å². The van der Waals surface area contributed by atoms with Gasteiger partial charge >= 0.3 is 6.09 Å². The second-order valence-electron chi connectivity index (χ2n) is 11.5. The monoisotopic (exact) mass is 519 g/mol. The fraction of sp³-hybridized carbons (Fsp3) is 0.484. The number of aromatic amines is 1. The van der Waals surface area contributed by atoms with Crippen LogP contribution in [0.4, 0.5) is 4.79 Å². The molecule has 38 heavy (non-hydrogen) atoms. The number of para-hydroxylation sites is 1. The summed E-state index contributed by atoms with van der Waals surface area (Å²) in [5.41, 5.74) is 3.90. The van der Waals surface area contributed by atoms with Crippen LogP contribution in [-0.4, -0.2) is 46.7 Å². The van der Waals surface area contributed by atoms with E-state index in [0.717, 1.165) is 29.6 Å². The van der Waals surface area contributed by atoms with Crippen molar-refractivity contribution in [3.05, 3.63) is 71.4 Å². The fourth-order valence-corrected chi connectivity index (χ4v) is 5.15. The van der Waals surface area contributed by atoms with Crippen LogP contribution in [0.3, 0.4) is 0 Å². The summed E-state index contributed by atoms with van der Waals surface area (Å²) in [5, 5.41) is 4.07. The van der Waals surface area contributed by atoms with Crippen molar-refractivity contribution < 1.29 is 19.1 Å². The average Bonchev–Trinajstić information content (AvgIpc) is 3.24. The molecule has 0 aliphatic carbocycles. The van der Waals surface area contributed by atoms with Crippen molar-refractivity contribution >= 4 is 22.9 Å². The number of amides is 2. The van der Waals surface area contributed by atoms with Gasteiger partial charge < -0.3 is 24.7 Å². The van der Waals surface area contributed by atoms with Crippen molar-refractivity contribution in [2.45, 2.75) is 78.2 Å². The summed E-state index contributed by atoms with van der Waals surface area (Å²) < 4.78 is 11.4. The zero-order valence-electron chi connectivity index (χ0n) is 23.3. The molecular formula is C31H41N3O4. The molecule has 1 aliphatic rings. The van der Waals surface area contributed by atoms with Crippen LogP contribution in [0, 0.1) is 5.92 Å². The number of benzene rings is 2. The van der Waals surface area contributed by atoms with Gasteiger partial charge in [-0.25, -0.2) is 4.79 Å². The van der Waals surface area contributed by atoms with E-state index < -0.39 is 17.7 Å². The maximum atomic E-state index is 14.1. The number of nitrogens with zero attached hydrogens (tertiary/aromatic N) is 1. The number of hydrogen-bond acceptors (Lipinski definition) is 4. The molecular weight excluding hydrogens is 478 g/mol. The Hall–Kier alpha value is -3.32. The van der Waals surface area contributed by atoms with Crippen molar-refractivity contribution in [1.82, 2.24) is 15.2 Å². The summed E-state index contributed by atoms with van der Waals surface area (Å²) in [4.78, 5) is 32.3. The lowest BCUT2D eigenvalue weighted by Gasteiger charge is -2.39. The number of H-pyrrole nitrogens is 1. The van der Waals surface area contributed by atoms with Gasteiger partial charge in [0.1, 0.15) is 11.6 Å². The number of nitrogens with one attached hydrogen (secondary N) is 2. The highest BCUT2D eigenvalue weighted by molar-refractivity contribution is 5.88. The minimum atomic E-state index is -0.749. The smallest absolute Gasteiger partial charge is 0.408 e. The predicted octanol–water partition coefficient (Wildman–Crippen LogP) is 6.14. The van der Waals surface area contributed by atoms with Gasteiger partial charge in [0.05, 0.1) is 12.6 Å². The third-order valence-corrected chi connectivity index (χ3v) is 6.79. The molecule has 2 atom stereocenters. The van der Waals surface area contributed by atoms with Gasteiger partial charge in [0, 0.05) is 36.2 Å². The Morgan fingerprint density at radius 3 is 2.50 bits per heavy atom. The van der Waals surface area contributed by atoms with Crippen LogP contribution in [0.15, 0.2) is 54.6 Å². The second-order valence-corrected chi connectivity index (χ2v) is 11.5. The maximum Gasteiger partial charge on any atom is 0.408 e. The van der Waals surface area contributed by atoms with Gasteiger partial charge in [-0.15, -0.1) is 0 Å². The summed E-state index contributed by atoms with van der Waals surface area (Å²) >= 11 is 0. The van der Waals surface area contributed by atoms with E-state index in [-0.39, 0.29) is 11.9 Å². The SMILES string of the molecule is CC(C)CC1c2[nH]c3ccccc3c2CCN1C(=O)[C@H](CCOCc1ccccc1)NC(=O)OC(C)(C)C. The van der Waals surface area contributed by atoms with E-state index in [1.165, 1.54) is 10.9 Å². The zero-order chi connectivity index (χ0) is 27.3. The fourth-order valence-electron chi connectivity index (χ4n) is 5.15. The lowest BCUT2D eigenvalue weighted by Crippen LogP contribution is -2.52. The Morgan fingerprint density at radius 1 is 1.08 bits per heavy atom. The average molecular weight is 520 g/mol. The van der Waals surface area contributed by atoms with Crippen molar-refractivity contribution in [2.75, 3.05) is 13.2 Å². The molecule has 7 heteroatoms. The van der Waals surface area contributed by atoms with E-state index in [4.69, 9.17) is 9.47 Å². The third kappa shape index (κ3) is 6.95. The number of carbonyl (C=O) groups excluding carboxylic acids is 2. The highest BCUT2D eigenvalue weighted by Crippen LogP contribution is 2.38. The Kier molecular flexibility index (Phi) is 8.77. The lowest BCUT2D eigenvalue weighted by atomic mass is 9.91. The van der Waals surface area contributed by atoms with E-state index in [9.17, 15) is 9.59 Å². The molecule has 204 valence electrons. The summed E-state index contributed by atoms with van der Waals surface area (Å²) in [6.45, 7) is 11.2. The summed E-state index contributed by atoms with van der Waals surface area (Å²) in [6, 6.07) is 17.4. The first-order valence-electron chi connectivity index (χ1n) is 13.6. The lowest BCUT2D eigenvalue weighted by molar-refractivity contribution is -0.137. The Balaban J connectivity index is 1.54. The van der Waals surface area contributed by atoms with Crippen LogP contribution in [0.25, 0.3) is 10.9 Å². The number of ether oxygens (including phenoxy) is 2. The quantitative estimate of drug-likeness (QED) is 0.333. The molecule has 2 amide bonds. The minimum absolute atomic E-state index is 0.0909. The predicted molar refractivity (Wildman–Crippen MR) is 150 cm³/mol. The van der Waals surface area contributed by atoms with Gasteiger partial charge in [-0.3, -0.25) is 4.79 Å². The molecule has 0 spiro atoms. The second kappa shape index (κ2) is 12.0. The van der Waals surface area contributed by atoms with Crippen molar-refractivity contribution in [1.29, 1.82) is 0 Å². The number of hydrogen-bond donors (Lipinski definition) is 2. The molecule has 3 aromatic rings. The maximum absolute atomic E-state index is 14.1. The first-order chi connectivity index (χ1) is 18.1. The van der Waals surface area contributed by atoms with E-state index in [1.54, 1.807) is 0 Å². The Bertz CT molecular complexity index is 1230. The normalized spacial score (nSPS) is 16.4. The summed E-state index contributed by atoms with van der Waals surface area (Å²) in [5.74, 6) is 0.285. The first kappa shape index (κ1) is 27.7. The van der Waals surface area contributed by atoms with Gasteiger partial charge in [0.2, 0.25) is 5.91 Å². The molecule has 7 nitrogen and oxygen atoms in total. The van der Waals surface area contributed by atoms with Crippen LogP contribution >= 0.6 is 0 Å². The van der Waals surface area contributed by atoms with Crippen molar-refractivity contribution in [2.24, 2.45) is 5.92 Å². The molecule has 0 fully saturated rings. The standard InChI is InChI=1S/C31H41N3O4/c1-21(2)19-27-28-24(23-13-9-10-14-25(23)32-28)15-17-34(27)29(35)26(33-30(36)38-31(3,4)5)16-18-37-20-22-11-7-6-8-12-22/h6-14,21,26-27,32H,15-20H2,1-5H3,(H,33,36)/t26-,27?/m0/s1. The molecule has 0 saturated carbocycles. The van der Waals surface area contributed by atoms with Gasteiger partial charge in [0.25, 0.3) is 0 Å². The van der Waals surface area contributed by atoms with E-state index in [0.29, 0.717) is 32.1 Å². The number of fused-ring (bicyclic) bond motifs is 3. The molecule has 1 aromatic heterocycles. The van der Waals surface area contributed by atoms with Crippen LogP contribution in [0.1, 0.15) is 70.3 Å². The van der Waals surface area contributed by atoms with Gasteiger partial charge in [-0.1, -0.05) is 62.4 Å². The number of rotatable bonds is 9. The molecule has 1 unspecified atom stereocenters. The summed E-state index contributed by atoms with van der Waals surface area (Å²) in [7, 11) is 0. The van der Waals surface area contributed by atoms with Gasteiger partial charge in [0.15, 0.2) is 0 Å². The minimum Gasteiger partial charge on any atom is -0.444 e. The van der Waals surface area contributed by atoms with E-state index in [2.05, 4.69) is 42.3 Å². The van der Waals surface area contributed by atoms with Gasteiger partial charge in [-0.2, -0.15) is 0 Å². The highest BCUT2D eigenvalue weighted by atomic mass is 16.6. The van der Waals surface area contributed by atoms with Crippen LogP contribution in [-0.2, 0) is 27.3 Å². The Labute approximate surface area is 225 Å². The zero-order valence-corrected chi connectivity index (χ0v) is 23.3. The third-order valence-electron chi connectivity index (χ3n) is 6.79. The van der Waals surface area contributed by atoms with E-state index in [1.807, 2.05) is 62.1 Å². The van der Waals surface area contributed by atoms with Crippen molar-refractivity contribution in [3.8, 4) is 0 Å². The van der Waals surface area contributed by atoms with Gasteiger partial charge in [-0.05, 0) is 56.7 Å². The van der Waals surface area contributed by atoms with Crippen molar-refractivity contribution in [3.63, 3.8) is 0 Å². The summed E-state index contributed by atoms with van der Waals surface area (Å²) in [6.07, 6.45) is 1.36. The molecule has 0 bridgehead atoms. The number of alkyl carbamates (subject to hydrolysis) is 1. The molecule has 0 saturated heterocycles. The largest absolute Gasteiger partial charge is 0.444 e. The number of aromatic nitrogens is 1. The first-order valence-corrected chi connectivity index (χ1v) is 13.6. The number of carbonyl (C=O) groups is 2. The van der Waals surface area contributed by atoms with Crippen LogP contribution < -0.4 is 5.32 Å². The van der Waals surface area contributed by atoms with Crippen LogP contribution in [0.2, 0.25) is 0 Å². The highest BCUT2D eigenvalue weighted by Gasteiger charge is 2.37. The molecule has 4 rings (SSSR count). The molecule has 1 aliphatic heterocycles. The Morgan fingerprint density at radius 2 is 1.79 bits per heavy atom. The molecule has 2 aromatic carbocycles. The molecule has 2 N–H and O–H groups in total. The molecule has 2 heterocycles. The molecule has 0 radical (unpaired) electrons. The topological polar surface area (TPSA) is 83.7 Å².